The molecule has 1 unspecified atom stereocenters. The van der Waals surface area contributed by atoms with E-state index in [4.69, 9.17) is 0 Å². The van der Waals surface area contributed by atoms with Crippen LogP contribution < -0.4 is 5.32 Å². The average Bonchev–Trinajstić information content (AvgIpc) is 3.11. The summed E-state index contributed by atoms with van der Waals surface area (Å²) in [4.78, 5) is 11.2. The van der Waals surface area contributed by atoms with Gasteiger partial charge in [0.05, 0.1) is 0 Å². The van der Waals surface area contributed by atoms with Crippen molar-refractivity contribution < 1.29 is 9.90 Å². The van der Waals surface area contributed by atoms with Gasteiger partial charge in [-0.1, -0.05) is 25.7 Å². The Balaban J connectivity index is 1.85. The molecule has 2 atom stereocenters. The zero-order valence-electron chi connectivity index (χ0n) is 10.8. The summed E-state index contributed by atoms with van der Waals surface area (Å²) in [7, 11) is 0. The molecule has 2 N–H and O–H groups in total. The van der Waals surface area contributed by atoms with Crippen molar-refractivity contribution >= 4 is 5.97 Å². The van der Waals surface area contributed by atoms with Gasteiger partial charge in [0, 0.05) is 6.04 Å². The second-order valence-electron chi connectivity index (χ2n) is 5.86. The number of carbonyl (C=O) groups is 1. The van der Waals surface area contributed by atoms with Gasteiger partial charge in [0.15, 0.2) is 0 Å². The van der Waals surface area contributed by atoms with E-state index in [1.807, 2.05) is 0 Å². The lowest BCUT2D eigenvalue weighted by Crippen LogP contribution is -2.46. The molecule has 0 amide bonds. The summed E-state index contributed by atoms with van der Waals surface area (Å²) in [6.45, 7) is 2.17. The first kappa shape index (κ1) is 12.9. The van der Waals surface area contributed by atoms with E-state index >= 15 is 0 Å². The maximum absolute atomic E-state index is 11.2. The van der Waals surface area contributed by atoms with Crippen LogP contribution in [0.5, 0.6) is 0 Å². The van der Waals surface area contributed by atoms with Gasteiger partial charge in [-0.15, -0.1) is 0 Å². The summed E-state index contributed by atoms with van der Waals surface area (Å²) in [6.07, 6.45) is 10.1. The van der Waals surface area contributed by atoms with Crippen molar-refractivity contribution in [1.29, 1.82) is 0 Å². The molecule has 2 fully saturated rings. The lowest BCUT2D eigenvalue weighted by molar-refractivity contribution is -0.140. The third-order valence-electron chi connectivity index (χ3n) is 4.41. The smallest absolute Gasteiger partial charge is 0.320 e. The van der Waals surface area contributed by atoms with E-state index in [0.717, 1.165) is 12.8 Å². The first-order valence-corrected chi connectivity index (χ1v) is 7.17. The Kier molecular flexibility index (Phi) is 4.43. The second-order valence-corrected chi connectivity index (χ2v) is 5.86. The molecule has 3 nitrogen and oxygen atoms in total. The van der Waals surface area contributed by atoms with E-state index in [1.165, 1.54) is 38.5 Å². The fourth-order valence-electron chi connectivity index (χ4n) is 3.07. The molecule has 17 heavy (non-hydrogen) atoms. The monoisotopic (exact) mass is 239 g/mol. The Hall–Kier alpha value is -0.570. The van der Waals surface area contributed by atoms with Crippen LogP contribution in [0.2, 0.25) is 0 Å². The SMILES string of the molecule is C[C@H](NC(C(=O)O)C1CC1)C1CCCCCC1. The normalized spacial score (nSPS) is 26.2. The topological polar surface area (TPSA) is 49.3 Å². The molecule has 2 aliphatic rings. The van der Waals surface area contributed by atoms with E-state index in [2.05, 4.69) is 12.2 Å². The molecule has 3 heteroatoms. The minimum Gasteiger partial charge on any atom is -0.480 e. The number of rotatable bonds is 5. The Bertz CT molecular complexity index is 255. The standard InChI is InChI=1S/C14H25NO2/c1-10(11-6-4-2-3-5-7-11)15-13(14(16)17)12-8-9-12/h10-13,15H,2-9H2,1H3,(H,16,17)/t10-,13?/m0/s1. The summed E-state index contributed by atoms with van der Waals surface area (Å²) in [5, 5.41) is 12.6. The first-order valence-electron chi connectivity index (χ1n) is 7.17. The highest BCUT2D eigenvalue weighted by atomic mass is 16.4. The fraction of sp³-hybridized carbons (Fsp3) is 0.929. The number of carboxylic acids is 1. The molecule has 2 aliphatic carbocycles. The van der Waals surface area contributed by atoms with Crippen LogP contribution >= 0.6 is 0 Å². The van der Waals surface area contributed by atoms with Gasteiger partial charge in [-0.3, -0.25) is 4.79 Å². The highest BCUT2D eigenvalue weighted by molar-refractivity contribution is 5.74. The van der Waals surface area contributed by atoms with Crippen molar-refractivity contribution in [2.75, 3.05) is 0 Å². The van der Waals surface area contributed by atoms with Gasteiger partial charge in [-0.25, -0.2) is 0 Å². The maximum Gasteiger partial charge on any atom is 0.320 e. The van der Waals surface area contributed by atoms with E-state index < -0.39 is 5.97 Å². The Morgan fingerprint density at radius 1 is 1.06 bits per heavy atom. The van der Waals surface area contributed by atoms with Gasteiger partial charge in [0.25, 0.3) is 0 Å². The molecule has 0 aliphatic heterocycles. The van der Waals surface area contributed by atoms with E-state index in [1.54, 1.807) is 0 Å². The number of nitrogens with one attached hydrogen (secondary N) is 1. The Morgan fingerprint density at radius 2 is 1.65 bits per heavy atom. The molecular formula is C14H25NO2. The van der Waals surface area contributed by atoms with Crippen molar-refractivity contribution in [2.24, 2.45) is 11.8 Å². The summed E-state index contributed by atoms with van der Waals surface area (Å²) in [6, 6.07) is 0.0584. The molecule has 0 heterocycles. The fourth-order valence-corrected chi connectivity index (χ4v) is 3.07. The van der Waals surface area contributed by atoms with Crippen LogP contribution in [0.4, 0.5) is 0 Å². The summed E-state index contributed by atoms with van der Waals surface area (Å²) in [5.74, 6) is 0.409. The molecule has 2 rings (SSSR count). The number of hydrogen-bond donors (Lipinski definition) is 2. The van der Waals surface area contributed by atoms with Gasteiger partial charge in [0.1, 0.15) is 6.04 Å². The molecule has 0 radical (unpaired) electrons. The molecular weight excluding hydrogens is 214 g/mol. The van der Waals surface area contributed by atoms with Crippen molar-refractivity contribution in [3.63, 3.8) is 0 Å². The lowest BCUT2D eigenvalue weighted by Gasteiger charge is -2.27. The van der Waals surface area contributed by atoms with Gasteiger partial charge in [0.2, 0.25) is 0 Å². The van der Waals surface area contributed by atoms with Gasteiger partial charge in [-0.2, -0.15) is 0 Å². The molecule has 0 saturated heterocycles. The molecule has 0 bridgehead atoms. The molecule has 0 aromatic rings. The third-order valence-corrected chi connectivity index (χ3v) is 4.41. The van der Waals surface area contributed by atoms with Crippen LogP contribution in [0.3, 0.4) is 0 Å². The quantitative estimate of drug-likeness (QED) is 0.725. The van der Waals surface area contributed by atoms with E-state index in [0.29, 0.717) is 17.9 Å². The molecule has 98 valence electrons. The highest BCUT2D eigenvalue weighted by Crippen LogP contribution is 2.34. The van der Waals surface area contributed by atoms with Crippen LogP contribution in [0.15, 0.2) is 0 Å². The zero-order valence-corrected chi connectivity index (χ0v) is 10.8. The summed E-state index contributed by atoms with van der Waals surface area (Å²) in [5.41, 5.74) is 0. The van der Waals surface area contributed by atoms with Gasteiger partial charge < -0.3 is 10.4 Å². The highest BCUT2D eigenvalue weighted by Gasteiger charge is 2.37. The number of aliphatic carboxylic acids is 1. The van der Waals surface area contributed by atoms with Crippen LogP contribution in [0.25, 0.3) is 0 Å². The van der Waals surface area contributed by atoms with Gasteiger partial charge in [-0.05, 0) is 44.4 Å². The predicted octanol–water partition coefficient (Wildman–Crippen LogP) is 2.80. The molecule has 2 saturated carbocycles. The van der Waals surface area contributed by atoms with Crippen LogP contribution in [0, 0.1) is 11.8 Å². The number of carboxylic acid groups (broad SMARTS) is 1. The second kappa shape index (κ2) is 5.85. The molecule has 0 aromatic carbocycles. The largest absolute Gasteiger partial charge is 0.480 e. The van der Waals surface area contributed by atoms with E-state index in [9.17, 15) is 9.90 Å². The Labute approximate surface area is 104 Å². The van der Waals surface area contributed by atoms with Crippen LogP contribution in [-0.4, -0.2) is 23.2 Å². The van der Waals surface area contributed by atoms with E-state index in [-0.39, 0.29) is 6.04 Å². The number of hydrogen-bond acceptors (Lipinski definition) is 2. The van der Waals surface area contributed by atoms with Crippen molar-refractivity contribution in [3.8, 4) is 0 Å². The lowest BCUT2D eigenvalue weighted by atomic mass is 9.92. The maximum atomic E-state index is 11.2. The predicted molar refractivity (Wildman–Crippen MR) is 67.9 cm³/mol. The molecule has 0 spiro atoms. The Morgan fingerprint density at radius 3 is 2.12 bits per heavy atom. The van der Waals surface area contributed by atoms with Crippen LogP contribution in [0.1, 0.15) is 58.3 Å². The first-order chi connectivity index (χ1) is 8.18. The van der Waals surface area contributed by atoms with Crippen molar-refractivity contribution in [2.45, 2.75) is 70.4 Å². The third kappa shape index (κ3) is 3.70. The van der Waals surface area contributed by atoms with Crippen molar-refractivity contribution in [3.05, 3.63) is 0 Å². The zero-order chi connectivity index (χ0) is 12.3. The molecule has 0 aromatic heterocycles. The van der Waals surface area contributed by atoms with Crippen LogP contribution in [-0.2, 0) is 4.79 Å². The minimum atomic E-state index is -0.659. The average molecular weight is 239 g/mol. The summed E-state index contributed by atoms with van der Waals surface area (Å²) >= 11 is 0. The van der Waals surface area contributed by atoms with Crippen molar-refractivity contribution in [1.82, 2.24) is 5.32 Å². The summed E-state index contributed by atoms with van der Waals surface area (Å²) < 4.78 is 0. The van der Waals surface area contributed by atoms with Gasteiger partial charge >= 0.3 is 5.97 Å². The minimum absolute atomic E-state index is 0.298.